The summed E-state index contributed by atoms with van der Waals surface area (Å²) < 4.78 is 1.22. The van der Waals surface area contributed by atoms with Crippen LogP contribution in [0, 0.1) is 0 Å². The minimum Gasteiger partial charge on any atom is -0.316 e. The van der Waals surface area contributed by atoms with Crippen molar-refractivity contribution < 1.29 is 0 Å². The SMILES string of the molecule is Brc1ccc2c(c1)CCC21CCNC1. The molecule has 1 aromatic carbocycles. The summed E-state index contributed by atoms with van der Waals surface area (Å²) >= 11 is 3.55. The Kier molecular flexibility index (Phi) is 1.96. The first-order valence-electron chi connectivity index (χ1n) is 5.30. The van der Waals surface area contributed by atoms with Gasteiger partial charge in [-0.1, -0.05) is 22.0 Å². The van der Waals surface area contributed by atoms with Gasteiger partial charge in [0.05, 0.1) is 0 Å². The van der Waals surface area contributed by atoms with Crippen molar-refractivity contribution in [2.24, 2.45) is 0 Å². The lowest BCUT2D eigenvalue weighted by Crippen LogP contribution is -2.25. The van der Waals surface area contributed by atoms with Gasteiger partial charge in [0.15, 0.2) is 0 Å². The molecule has 3 rings (SSSR count). The smallest absolute Gasteiger partial charge is 0.0178 e. The summed E-state index contributed by atoms with van der Waals surface area (Å²) in [6.07, 6.45) is 3.92. The molecule has 1 atom stereocenters. The number of rotatable bonds is 0. The maximum Gasteiger partial charge on any atom is 0.0178 e. The summed E-state index contributed by atoms with van der Waals surface area (Å²) in [4.78, 5) is 0. The van der Waals surface area contributed by atoms with Gasteiger partial charge in [-0.25, -0.2) is 0 Å². The molecular formula is C12H14BrN. The average Bonchev–Trinajstić information content (AvgIpc) is 2.77. The van der Waals surface area contributed by atoms with Gasteiger partial charge >= 0.3 is 0 Å². The maximum atomic E-state index is 3.55. The Morgan fingerprint density at radius 1 is 1.29 bits per heavy atom. The fraction of sp³-hybridized carbons (Fsp3) is 0.500. The highest BCUT2D eigenvalue weighted by molar-refractivity contribution is 9.10. The summed E-state index contributed by atoms with van der Waals surface area (Å²) in [7, 11) is 0. The van der Waals surface area contributed by atoms with Crippen LogP contribution < -0.4 is 5.32 Å². The Bertz CT molecular complexity index is 367. The van der Waals surface area contributed by atoms with Gasteiger partial charge in [-0.15, -0.1) is 0 Å². The van der Waals surface area contributed by atoms with Gasteiger partial charge in [-0.2, -0.15) is 0 Å². The van der Waals surface area contributed by atoms with Crippen LogP contribution >= 0.6 is 15.9 Å². The second-order valence-corrected chi connectivity index (χ2v) is 5.42. The number of fused-ring (bicyclic) bond motifs is 2. The highest BCUT2D eigenvalue weighted by Crippen LogP contribution is 2.43. The van der Waals surface area contributed by atoms with Crippen LogP contribution in [0.15, 0.2) is 22.7 Å². The van der Waals surface area contributed by atoms with Crippen LogP contribution in [0.2, 0.25) is 0 Å². The Morgan fingerprint density at radius 2 is 2.21 bits per heavy atom. The van der Waals surface area contributed by atoms with Crippen molar-refractivity contribution in [2.45, 2.75) is 24.7 Å². The summed E-state index contributed by atoms with van der Waals surface area (Å²) in [6.45, 7) is 2.37. The van der Waals surface area contributed by atoms with Crippen LogP contribution in [0.3, 0.4) is 0 Å². The predicted octanol–water partition coefficient (Wildman–Crippen LogP) is 2.63. The first-order valence-corrected chi connectivity index (χ1v) is 6.09. The van der Waals surface area contributed by atoms with Gasteiger partial charge in [0, 0.05) is 16.4 Å². The molecule has 0 radical (unpaired) electrons. The minimum absolute atomic E-state index is 0.482. The first kappa shape index (κ1) is 8.93. The number of aryl methyl sites for hydroxylation is 1. The Hall–Kier alpha value is -0.340. The van der Waals surface area contributed by atoms with Crippen LogP contribution in [-0.2, 0) is 11.8 Å². The molecule has 1 fully saturated rings. The fourth-order valence-electron chi connectivity index (χ4n) is 2.98. The molecule has 0 aromatic heterocycles. The third-order valence-corrected chi connectivity index (χ3v) is 4.25. The Labute approximate surface area is 93.0 Å². The molecule has 0 bridgehead atoms. The molecule has 1 unspecified atom stereocenters. The van der Waals surface area contributed by atoms with E-state index in [1.54, 1.807) is 11.1 Å². The van der Waals surface area contributed by atoms with Crippen molar-refractivity contribution in [3.63, 3.8) is 0 Å². The molecule has 1 saturated heterocycles. The third-order valence-electron chi connectivity index (χ3n) is 3.76. The largest absolute Gasteiger partial charge is 0.316 e. The van der Waals surface area contributed by atoms with Crippen molar-refractivity contribution >= 4 is 15.9 Å². The molecule has 2 aliphatic rings. The predicted molar refractivity (Wildman–Crippen MR) is 61.6 cm³/mol. The lowest BCUT2D eigenvalue weighted by atomic mass is 9.81. The molecule has 1 aromatic rings. The van der Waals surface area contributed by atoms with Gasteiger partial charge in [0.1, 0.15) is 0 Å². The highest BCUT2D eigenvalue weighted by Gasteiger charge is 2.40. The molecule has 1 heterocycles. The monoisotopic (exact) mass is 251 g/mol. The van der Waals surface area contributed by atoms with Gasteiger partial charge < -0.3 is 5.32 Å². The average molecular weight is 252 g/mol. The number of hydrogen-bond donors (Lipinski definition) is 1. The zero-order chi connectivity index (χ0) is 9.60. The molecule has 14 heavy (non-hydrogen) atoms. The van der Waals surface area contributed by atoms with Crippen molar-refractivity contribution in [3.05, 3.63) is 33.8 Å². The number of hydrogen-bond acceptors (Lipinski definition) is 1. The summed E-state index contributed by atoms with van der Waals surface area (Å²) in [5.74, 6) is 0. The zero-order valence-corrected chi connectivity index (χ0v) is 9.73. The van der Waals surface area contributed by atoms with Crippen molar-refractivity contribution in [3.8, 4) is 0 Å². The summed E-state index contributed by atoms with van der Waals surface area (Å²) in [5.41, 5.74) is 3.64. The molecule has 0 saturated carbocycles. The van der Waals surface area contributed by atoms with E-state index in [0.717, 1.165) is 0 Å². The Morgan fingerprint density at radius 3 is 3.00 bits per heavy atom. The zero-order valence-electron chi connectivity index (χ0n) is 8.15. The number of benzene rings is 1. The van der Waals surface area contributed by atoms with E-state index in [9.17, 15) is 0 Å². The summed E-state index contributed by atoms with van der Waals surface area (Å²) in [6, 6.07) is 6.80. The lowest BCUT2D eigenvalue weighted by Gasteiger charge is -2.23. The number of halogens is 1. The molecule has 1 nitrogen and oxygen atoms in total. The lowest BCUT2D eigenvalue weighted by molar-refractivity contribution is 0.468. The van der Waals surface area contributed by atoms with E-state index < -0.39 is 0 Å². The van der Waals surface area contributed by atoms with Crippen LogP contribution in [-0.4, -0.2) is 13.1 Å². The van der Waals surface area contributed by atoms with E-state index in [4.69, 9.17) is 0 Å². The molecular weight excluding hydrogens is 238 g/mol. The molecule has 1 N–H and O–H groups in total. The fourth-order valence-corrected chi connectivity index (χ4v) is 3.39. The van der Waals surface area contributed by atoms with E-state index in [2.05, 4.69) is 39.4 Å². The standard InChI is InChI=1S/C12H14BrN/c13-10-1-2-11-9(7-10)3-4-12(11)5-6-14-8-12/h1-2,7,14H,3-6,8H2. The first-order chi connectivity index (χ1) is 6.80. The van der Waals surface area contributed by atoms with Crippen LogP contribution in [0.25, 0.3) is 0 Å². The van der Waals surface area contributed by atoms with E-state index in [1.165, 1.54) is 36.8 Å². The minimum atomic E-state index is 0.482. The highest BCUT2D eigenvalue weighted by atomic mass is 79.9. The second kappa shape index (κ2) is 3.07. The van der Waals surface area contributed by atoms with E-state index >= 15 is 0 Å². The van der Waals surface area contributed by atoms with E-state index in [0.29, 0.717) is 5.41 Å². The van der Waals surface area contributed by atoms with Crippen LogP contribution in [0.4, 0.5) is 0 Å². The van der Waals surface area contributed by atoms with Crippen LogP contribution in [0.5, 0.6) is 0 Å². The van der Waals surface area contributed by atoms with Gasteiger partial charge in [0.25, 0.3) is 0 Å². The van der Waals surface area contributed by atoms with E-state index in [-0.39, 0.29) is 0 Å². The molecule has 1 aliphatic heterocycles. The molecule has 74 valence electrons. The van der Waals surface area contributed by atoms with Crippen LogP contribution in [0.1, 0.15) is 24.0 Å². The Balaban J connectivity index is 2.09. The molecule has 1 spiro atoms. The third kappa shape index (κ3) is 1.17. The number of nitrogens with one attached hydrogen (secondary N) is 1. The molecule has 2 heteroatoms. The normalized spacial score (nSPS) is 29.8. The quantitative estimate of drug-likeness (QED) is 0.748. The maximum absolute atomic E-state index is 3.55. The second-order valence-electron chi connectivity index (χ2n) is 4.51. The molecule has 1 aliphatic carbocycles. The van der Waals surface area contributed by atoms with Crippen molar-refractivity contribution in [1.29, 1.82) is 0 Å². The van der Waals surface area contributed by atoms with E-state index in [1.807, 2.05) is 0 Å². The topological polar surface area (TPSA) is 12.0 Å². The van der Waals surface area contributed by atoms with Crippen molar-refractivity contribution in [1.82, 2.24) is 5.32 Å². The van der Waals surface area contributed by atoms with Gasteiger partial charge in [-0.05, 0) is 49.1 Å². The van der Waals surface area contributed by atoms with Gasteiger partial charge in [-0.3, -0.25) is 0 Å². The summed E-state index contributed by atoms with van der Waals surface area (Å²) in [5, 5.41) is 3.50. The van der Waals surface area contributed by atoms with Crippen molar-refractivity contribution in [2.75, 3.05) is 13.1 Å². The molecule has 0 amide bonds. The van der Waals surface area contributed by atoms with Gasteiger partial charge in [0.2, 0.25) is 0 Å².